The van der Waals surface area contributed by atoms with Gasteiger partial charge in [0.2, 0.25) is 5.91 Å². The first-order valence-corrected chi connectivity index (χ1v) is 10.6. The van der Waals surface area contributed by atoms with Gasteiger partial charge in [0.05, 0.1) is 6.54 Å². The van der Waals surface area contributed by atoms with Crippen LogP contribution in [0.3, 0.4) is 0 Å². The molecule has 29 heavy (non-hydrogen) atoms. The van der Waals surface area contributed by atoms with Crippen molar-refractivity contribution in [2.24, 2.45) is 0 Å². The van der Waals surface area contributed by atoms with E-state index in [1.165, 1.54) is 19.3 Å². The molecule has 2 rings (SSSR count). The van der Waals surface area contributed by atoms with Crippen molar-refractivity contribution in [1.29, 1.82) is 0 Å². The molecule has 0 bridgehead atoms. The summed E-state index contributed by atoms with van der Waals surface area (Å²) < 4.78 is 0. The van der Waals surface area contributed by atoms with Gasteiger partial charge in [0.15, 0.2) is 0 Å². The number of hydrogen-bond donors (Lipinski definition) is 2. The maximum atomic E-state index is 12.9. The van der Waals surface area contributed by atoms with E-state index in [1.807, 2.05) is 49.4 Å². The van der Waals surface area contributed by atoms with Gasteiger partial charge in [-0.25, -0.2) is 0 Å². The number of rotatable bonds is 12. The van der Waals surface area contributed by atoms with Crippen LogP contribution in [0.5, 0.6) is 0 Å². The smallest absolute Gasteiger partial charge is 0.258 e. The Morgan fingerprint density at radius 1 is 0.897 bits per heavy atom. The summed E-state index contributed by atoms with van der Waals surface area (Å²) in [5.41, 5.74) is 2.23. The zero-order chi connectivity index (χ0) is 20.9. The second kappa shape index (κ2) is 12.6. The first-order valence-electron chi connectivity index (χ1n) is 10.6. The number of nitrogens with zero attached hydrogens (tertiary/aromatic N) is 1. The fourth-order valence-electron chi connectivity index (χ4n) is 3.17. The molecule has 0 aromatic heterocycles. The van der Waals surface area contributed by atoms with Gasteiger partial charge in [0.1, 0.15) is 0 Å². The normalized spacial score (nSPS) is 10.4. The lowest BCUT2D eigenvalue weighted by molar-refractivity contribution is -0.119. The molecule has 2 amide bonds. The van der Waals surface area contributed by atoms with Crippen LogP contribution in [0.1, 0.15) is 56.3 Å². The zero-order valence-corrected chi connectivity index (χ0v) is 17.6. The Hall–Kier alpha value is -2.82. The minimum absolute atomic E-state index is 0.0308. The van der Waals surface area contributed by atoms with Crippen molar-refractivity contribution in [1.82, 2.24) is 5.32 Å². The van der Waals surface area contributed by atoms with Crippen LogP contribution in [0.4, 0.5) is 11.4 Å². The molecule has 0 spiro atoms. The molecule has 2 N–H and O–H groups in total. The predicted molar refractivity (Wildman–Crippen MR) is 120 cm³/mol. The third-order valence-corrected chi connectivity index (χ3v) is 4.79. The van der Waals surface area contributed by atoms with E-state index < -0.39 is 0 Å². The lowest BCUT2D eigenvalue weighted by Gasteiger charge is -2.21. The van der Waals surface area contributed by atoms with Crippen LogP contribution in [0.2, 0.25) is 0 Å². The molecule has 5 nitrogen and oxygen atoms in total. The molecular weight excluding hydrogens is 362 g/mol. The predicted octanol–water partition coefficient (Wildman–Crippen LogP) is 4.85. The first-order chi connectivity index (χ1) is 14.2. The molecule has 0 heterocycles. The van der Waals surface area contributed by atoms with E-state index in [1.54, 1.807) is 17.0 Å². The van der Waals surface area contributed by atoms with Crippen LogP contribution in [-0.4, -0.2) is 31.4 Å². The molecule has 0 aliphatic rings. The highest BCUT2D eigenvalue weighted by atomic mass is 16.2. The Balaban J connectivity index is 1.85. The SMILES string of the molecule is CCCCCCCNC(=O)CNc1cccc(C(=O)N(CC)c2ccccc2)c1. The van der Waals surface area contributed by atoms with Crippen LogP contribution in [0.15, 0.2) is 54.6 Å². The Morgan fingerprint density at radius 2 is 1.66 bits per heavy atom. The van der Waals surface area contributed by atoms with Gasteiger partial charge >= 0.3 is 0 Å². The van der Waals surface area contributed by atoms with Crippen molar-refractivity contribution >= 4 is 23.2 Å². The fourth-order valence-corrected chi connectivity index (χ4v) is 3.17. The summed E-state index contributed by atoms with van der Waals surface area (Å²) in [5, 5.41) is 6.05. The van der Waals surface area contributed by atoms with Gasteiger partial charge in [-0.05, 0) is 43.7 Å². The van der Waals surface area contributed by atoms with E-state index in [0.717, 1.165) is 24.2 Å². The van der Waals surface area contributed by atoms with Crippen molar-refractivity contribution in [3.63, 3.8) is 0 Å². The van der Waals surface area contributed by atoms with Crippen molar-refractivity contribution < 1.29 is 9.59 Å². The molecule has 0 unspecified atom stereocenters. The fraction of sp³-hybridized carbons (Fsp3) is 0.417. The van der Waals surface area contributed by atoms with Gasteiger partial charge in [-0.1, -0.05) is 56.9 Å². The van der Waals surface area contributed by atoms with E-state index in [0.29, 0.717) is 18.7 Å². The topological polar surface area (TPSA) is 61.4 Å². The number of carbonyl (C=O) groups is 2. The Labute approximate surface area is 174 Å². The Bertz CT molecular complexity index is 762. The minimum atomic E-state index is -0.0566. The lowest BCUT2D eigenvalue weighted by atomic mass is 10.1. The van der Waals surface area contributed by atoms with E-state index in [9.17, 15) is 9.59 Å². The largest absolute Gasteiger partial charge is 0.376 e. The number of carbonyl (C=O) groups excluding carboxylic acids is 2. The number of unbranched alkanes of at least 4 members (excludes halogenated alkanes) is 4. The van der Waals surface area contributed by atoms with Gasteiger partial charge in [-0.3, -0.25) is 9.59 Å². The monoisotopic (exact) mass is 395 g/mol. The first kappa shape index (κ1) is 22.5. The number of hydrogen-bond acceptors (Lipinski definition) is 3. The molecular formula is C24H33N3O2. The number of benzene rings is 2. The highest BCUT2D eigenvalue weighted by Crippen LogP contribution is 2.18. The van der Waals surface area contributed by atoms with E-state index in [-0.39, 0.29) is 18.4 Å². The summed E-state index contributed by atoms with van der Waals surface area (Å²) in [6.07, 6.45) is 5.87. The molecule has 5 heteroatoms. The van der Waals surface area contributed by atoms with Gasteiger partial charge in [0.25, 0.3) is 5.91 Å². The van der Waals surface area contributed by atoms with Crippen LogP contribution in [0.25, 0.3) is 0 Å². The third-order valence-electron chi connectivity index (χ3n) is 4.79. The molecule has 0 atom stereocenters. The molecule has 0 radical (unpaired) electrons. The summed E-state index contributed by atoms with van der Waals surface area (Å²) >= 11 is 0. The maximum absolute atomic E-state index is 12.9. The molecule has 156 valence electrons. The molecule has 0 saturated carbocycles. The van der Waals surface area contributed by atoms with Crippen LogP contribution < -0.4 is 15.5 Å². The third kappa shape index (κ3) is 7.60. The van der Waals surface area contributed by atoms with Crippen molar-refractivity contribution in [2.45, 2.75) is 46.0 Å². The number of para-hydroxylation sites is 1. The minimum Gasteiger partial charge on any atom is -0.376 e. The second-order valence-electron chi connectivity index (χ2n) is 7.08. The Kier molecular flexibility index (Phi) is 9.76. The van der Waals surface area contributed by atoms with E-state index in [2.05, 4.69) is 17.6 Å². The molecule has 2 aromatic carbocycles. The highest BCUT2D eigenvalue weighted by Gasteiger charge is 2.16. The van der Waals surface area contributed by atoms with Crippen molar-refractivity contribution in [3.8, 4) is 0 Å². The van der Waals surface area contributed by atoms with Crippen LogP contribution in [0, 0.1) is 0 Å². The number of amides is 2. The standard InChI is InChI=1S/C24H33N3O2/c1-3-5-6-7-11-17-25-23(28)19-26-21-14-12-13-20(18-21)24(29)27(4-2)22-15-9-8-10-16-22/h8-10,12-16,18,26H,3-7,11,17,19H2,1-2H3,(H,25,28). The zero-order valence-electron chi connectivity index (χ0n) is 17.6. The maximum Gasteiger partial charge on any atom is 0.258 e. The molecule has 0 aliphatic heterocycles. The van der Waals surface area contributed by atoms with Gasteiger partial charge < -0.3 is 15.5 Å². The van der Waals surface area contributed by atoms with Gasteiger partial charge in [-0.2, -0.15) is 0 Å². The van der Waals surface area contributed by atoms with Crippen LogP contribution in [-0.2, 0) is 4.79 Å². The summed E-state index contributed by atoms with van der Waals surface area (Å²) in [7, 11) is 0. The van der Waals surface area contributed by atoms with E-state index >= 15 is 0 Å². The number of anilines is 2. The van der Waals surface area contributed by atoms with Gasteiger partial charge in [0, 0.05) is 30.0 Å². The van der Waals surface area contributed by atoms with Crippen molar-refractivity contribution in [3.05, 3.63) is 60.2 Å². The Morgan fingerprint density at radius 3 is 2.38 bits per heavy atom. The highest BCUT2D eigenvalue weighted by molar-refractivity contribution is 6.06. The quantitative estimate of drug-likeness (QED) is 0.505. The lowest BCUT2D eigenvalue weighted by Crippen LogP contribution is -2.31. The second-order valence-corrected chi connectivity index (χ2v) is 7.08. The summed E-state index contributed by atoms with van der Waals surface area (Å²) in [5.74, 6) is -0.0874. The van der Waals surface area contributed by atoms with Gasteiger partial charge in [-0.15, -0.1) is 0 Å². The molecule has 0 saturated heterocycles. The average molecular weight is 396 g/mol. The molecule has 0 aliphatic carbocycles. The molecule has 0 fully saturated rings. The molecule has 2 aromatic rings. The average Bonchev–Trinajstić information content (AvgIpc) is 2.76. The van der Waals surface area contributed by atoms with Crippen LogP contribution >= 0.6 is 0 Å². The summed E-state index contributed by atoms with van der Waals surface area (Å²) in [6, 6.07) is 16.9. The van der Waals surface area contributed by atoms with E-state index in [4.69, 9.17) is 0 Å². The summed E-state index contributed by atoms with van der Waals surface area (Å²) in [4.78, 5) is 26.7. The summed E-state index contributed by atoms with van der Waals surface area (Å²) in [6.45, 7) is 5.65. The number of nitrogens with one attached hydrogen (secondary N) is 2. The van der Waals surface area contributed by atoms with Crippen molar-refractivity contribution in [2.75, 3.05) is 29.9 Å².